The van der Waals surface area contributed by atoms with Crippen LogP contribution in [0.15, 0.2) is 24.5 Å². The second-order valence-corrected chi connectivity index (χ2v) is 5.43. The molecule has 0 aliphatic carbocycles. The molecule has 5 nitrogen and oxygen atoms in total. The lowest BCUT2D eigenvalue weighted by Crippen LogP contribution is -2.38. The molecule has 0 unspecified atom stereocenters. The van der Waals surface area contributed by atoms with Gasteiger partial charge >= 0.3 is 0 Å². The highest BCUT2D eigenvalue weighted by Crippen LogP contribution is 2.18. The Balaban J connectivity index is 2.30. The molecular formula is C17H19N2O3+. The number of aryl methyl sites for hydroxylation is 1. The zero-order chi connectivity index (χ0) is 16.4. The molecule has 2 aromatic heterocycles. The maximum Gasteiger partial charge on any atom is 0.243 e. The topological polar surface area (TPSA) is 70.9 Å². The number of ketones is 3. The van der Waals surface area contributed by atoms with Crippen molar-refractivity contribution in [2.24, 2.45) is 0 Å². The predicted octanol–water partition coefficient (Wildman–Crippen LogP) is 2.21. The smallest absolute Gasteiger partial charge is 0.243 e. The molecule has 0 spiro atoms. The second-order valence-electron chi connectivity index (χ2n) is 5.43. The first-order valence-electron chi connectivity index (χ1n) is 7.04. The average molecular weight is 299 g/mol. The molecule has 0 saturated heterocycles. The molecule has 114 valence electrons. The Morgan fingerprint density at radius 2 is 1.82 bits per heavy atom. The van der Waals surface area contributed by atoms with Gasteiger partial charge in [0.1, 0.15) is 0 Å². The molecular weight excluding hydrogens is 280 g/mol. The number of hydrogen-bond donors (Lipinski definition) is 1. The monoisotopic (exact) mass is 299 g/mol. The number of rotatable bonds is 5. The Kier molecular flexibility index (Phi) is 4.35. The lowest BCUT2D eigenvalue weighted by molar-refractivity contribution is -0.683. The zero-order valence-electron chi connectivity index (χ0n) is 13.2. The van der Waals surface area contributed by atoms with Gasteiger partial charge in [-0.25, -0.2) is 0 Å². The van der Waals surface area contributed by atoms with Gasteiger partial charge in [-0.15, -0.1) is 0 Å². The molecule has 0 atom stereocenters. The summed E-state index contributed by atoms with van der Waals surface area (Å²) < 4.78 is 1.67. The minimum atomic E-state index is -0.126. The van der Waals surface area contributed by atoms with Gasteiger partial charge < -0.3 is 4.98 Å². The molecule has 0 radical (unpaired) electrons. The van der Waals surface area contributed by atoms with Gasteiger partial charge in [0, 0.05) is 17.3 Å². The third-order valence-electron chi connectivity index (χ3n) is 3.66. The van der Waals surface area contributed by atoms with E-state index in [1.54, 1.807) is 42.9 Å². The van der Waals surface area contributed by atoms with Crippen molar-refractivity contribution in [1.29, 1.82) is 0 Å². The van der Waals surface area contributed by atoms with E-state index in [1.165, 1.54) is 13.8 Å². The van der Waals surface area contributed by atoms with Gasteiger partial charge in [0.2, 0.25) is 12.3 Å². The number of carbonyl (C=O) groups excluding carboxylic acids is 3. The van der Waals surface area contributed by atoms with Gasteiger partial charge in [0.15, 0.2) is 24.0 Å². The van der Waals surface area contributed by atoms with Crippen molar-refractivity contribution in [2.75, 3.05) is 0 Å². The van der Waals surface area contributed by atoms with E-state index >= 15 is 0 Å². The molecule has 2 rings (SSSR count). The molecule has 0 amide bonds. The van der Waals surface area contributed by atoms with Crippen molar-refractivity contribution < 1.29 is 19.0 Å². The lowest BCUT2D eigenvalue weighted by Gasteiger charge is -2.00. The minimum Gasteiger partial charge on any atom is -0.355 e. The Labute approximate surface area is 129 Å². The summed E-state index contributed by atoms with van der Waals surface area (Å²) in [5.74, 6) is -0.233. The molecule has 5 heteroatoms. The van der Waals surface area contributed by atoms with Crippen LogP contribution in [0.3, 0.4) is 0 Å². The lowest BCUT2D eigenvalue weighted by atomic mass is 10.1. The molecule has 1 N–H and O–H groups in total. The highest BCUT2D eigenvalue weighted by molar-refractivity contribution is 6.02. The molecule has 0 aromatic carbocycles. The largest absolute Gasteiger partial charge is 0.355 e. The second kappa shape index (κ2) is 6.05. The van der Waals surface area contributed by atoms with Crippen molar-refractivity contribution in [3.8, 4) is 0 Å². The quantitative estimate of drug-likeness (QED) is 0.679. The van der Waals surface area contributed by atoms with E-state index in [-0.39, 0.29) is 23.9 Å². The minimum absolute atomic E-state index is 0.0486. The summed E-state index contributed by atoms with van der Waals surface area (Å²) in [6.07, 6.45) is 3.39. The number of nitrogens with zero attached hydrogens (tertiary/aromatic N) is 1. The number of carbonyl (C=O) groups is 3. The Morgan fingerprint density at radius 1 is 1.14 bits per heavy atom. The standard InChI is InChI=1S/C17H18N2O3/c1-10-16(13(4)21)11(2)18-17(10)15(22)9-19-7-5-6-14(8-19)12(3)20/h5-8H,9H2,1-4H3/p+1. The number of Topliss-reactive ketones (excluding diaryl/α,β-unsaturated/α-hetero) is 3. The number of hydrogen-bond acceptors (Lipinski definition) is 3. The van der Waals surface area contributed by atoms with Crippen LogP contribution < -0.4 is 4.57 Å². The highest BCUT2D eigenvalue weighted by atomic mass is 16.1. The van der Waals surface area contributed by atoms with Crippen molar-refractivity contribution in [3.63, 3.8) is 0 Å². The predicted molar refractivity (Wildman–Crippen MR) is 81.2 cm³/mol. The zero-order valence-corrected chi connectivity index (χ0v) is 13.2. The molecule has 0 saturated carbocycles. The molecule has 0 aliphatic heterocycles. The fourth-order valence-corrected chi connectivity index (χ4v) is 2.63. The summed E-state index contributed by atoms with van der Waals surface area (Å²) in [4.78, 5) is 38.5. The summed E-state index contributed by atoms with van der Waals surface area (Å²) in [6.45, 7) is 6.63. The Morgan fingerprint density at radius 3 is 2.36 bits per heavy atom. The van der Waals surface area contributed by atoms with E-state index < -0.39 is 0 Å². The van der Waals surface area contributed by atoms with Crippen molar-refractivity contribution in [3.05, 3.63) is 52.6 Å². The number of nitrogens with one attached hydrogen (secondary N) is 1. The Bertz CT molecular complexity index is 772. The van der Waals surface area contributed by atoms with E-state index in [2.05, 4.69) is 4.98 Å². The van der Waals surface area contributed by atoms with Crippen LogP contribution in [0, 0.1) is 13.8 Å². The van der Waals surface area contributed by atoms with Crippen LogP contribution in [0.25, 0.3) is 0 Å². The average Bonchev–Trinajstić information content (AvgIpc) is 2.74. The van der Waals surface area contributed by atoms with Crippen LogP contribution in [0.5, 0.6) is 0 Å². The highest BCUT2D eigenvalue weighted by Gasteiger charge is 2.22. The van der Waals surface area contributed by atoms with E-state index in [4.69, 9.17) is 0 Å². The number of aromatic nitrogens is 2. The molecule has 2 aromatic rings. The van der Waals surface area contributed by atoms with Crippen molar-refractivity contribution in [2.45, 2.75) is 34.2 Å². The fraction of sp³-hybridized carbons (Fsp3) is 0.294. The van der Waals surface area contributed by atoms with Crippen LogP contribution in [-0.4, -0.2) is 22.3 Å². The van der Waals surface area contributed by atoms with E-state index in [0.717, 1.165) is 0 Å². The first-order valence-corrected chi connectivity index (χ1v) is 7.04. The van der Waals surface area contributed by atoms with Crippen LogP contribution >= 0.6 is 0 Å². The SMILES string of the molecule is CC(=O)c1ccc[n+](CC(=O)c2[nH]c(C)c(C(C)=O)c2C)c1. The van der Waals surface area contributed by atoms with Crippen molar-refractivity contribution >= 4 is 17.3 Å². The summed E-state index contributed by atoms with van der Waals surface area (Å²) in [6, 6.07) is 3.44. The maximum atomic E-state index is 12.5. The van der Waals surface area contributed by atoms with Crippen LogP contribution in [0.1, 0.15) is 56.3 Å². The van der Waals surface area contributed by atoms with Gasteiger partial charge in [-0.2, -0.15) is 4.57 Å². The maximum absolute atomic E-state index is 12.5. The molecule has 0 aliphatic rings. The van der Waals surface area contributed by atoms with E-state index in [1.807, 2.05) is 0 Å². The van der Waals surface area contributed by atoms with Gasteiger partial charge in [0.25, 0.3) is 0 Å². The summed E-state index contributed by atoms with van der Waals surface area (Å²) >= 11 is 0. The first kappa shape index (κ1) is 15.8. The molecule has 0 fully saturated rings. The van der Waals surface area contributed by atoms with Gasteiger partial charge in [-0.1, -0.05) is 0 Å². The van der Waals surface area contributed by atoms with Crippen LogP contribution in [0.4, 0.5) is 0 Å². The van der Waals surface area contributed by atoms with Crippen LogP contribution in [0.2, 0.25) is 0 Å². The van der Waals surface area contributed by atoms with E-state index in [9.17, 15) is 14.4 Å². The molecule has 22 heavy (non-hydrogen) atoms. The third kappa shape index (κ3) is 3.03. The van der Waals surface area contributed by atoms with Gasteiger partial charge in [-0.3, -0.25) is 14.4 Å². The number of aromatic amines is 1. The number of H-pyrrole nitrogens is 1. The van der Waals surface area contributed by atoms with E-state index in [0.29, 0.717) is 28.1 Å². The van der Waals surface area contributed by atoms with Gasteiger partial charge in [-0.05, 0) is 39.3 Å². The summed E-state index contributed by atoms with van der Waals surface area (Å²) in [5.41, 5.74) is 2.96. The molecule has 2 heterocycles. The fourth-order valence-electron chi connectivity index (χ4n) is 2.63. The summed E-state index contributed by atoms with van der Waals surface area (Å²) in [5, 5.41) is 0. The van der Waals surface area contributed by atoms with Crippen molar-refractivity contribution in [1.82, 2.24) is 4.98 Å². The third-order valence-corrected chi connectivity index (χ3v) is 3.66. The van der Waals surface area contributed by atoms with Crippen LogP contribution in [-0.2, 0) is 6.54 Å². The number of pyridine rings is 1. The normalized spacial score (nSPS) is 10.5. The molecule has 0 bridgehead atoms. The first-order chi connectivity index (χ1) is 10.3. The Hall–Kier alpha value is -2.56. The summed E-state index contributed by atoms with van der Waals surface area (Å²) in [7, 11) is 0. The van der Waals surface area contributed by atoms with Gasteiger partial charge in [0.05, 0.1) is 11.3 Å².